The maximum atomic E-state index is 12.4. The summed E-state index contributed by atoms with van der Waals surface area (Å²) in [6, 6.07) is 19.9. The standard InChI is InChI=1S/C19H29N3O3.C7H8.CH4/c1-19(2,3)25-18(24)22-13-7-10-16(22)17(23)21-12-11-20-14-15-8-5-4-6-9-15;1-7-5-3-2-4-6-7;/h4-6,8-9,16,20H,7,10-14H2,1-3H3,(H,21,23);2-6H,1H3;1H4. The Morgan fingerprint density at radius 2 is 1.61 bits per heavy atom. The second-order valence-electron chi connectivity index (χ2n) is 8.94. The van der Waals surface area contributed by atoms with Gasteiger partial charge in [0.15, 0.2) is 0 Å². The molecule has 0 saturated carbocycles. The molecular weight excluding hydrogens is 414 g/mol. The number of ether oxygens (including phenoxy) is 1. The van der Waals surface area contributed by atoms with Crippen LogP contribution in [0.3, 0.4) is 0 Å². The maximum absolute atomic E-state index is 12.4. The van der Waals surface area contributed by atoms with Gasteiger partial charge < -0.3 is 15.4 Å². The zero-order valence-corrected chi connectivity index (χ0v) is 19.8. The van der Waals surface area contributed by atoms with E-state index in [0.29, 0.717) is 26.1 Å². The van der Waals surface area contributed by atoms with E-state index in [1.807, 2.05) is 57.2 Å². The minimum atomic E-state index is -0.554. The smallest absolute Gasteiger partial charge is 0.410 e. The van der Waals surface area contributed by atoms with Crippen LogP contribution in [0.15, 0.2) is 60.7 Å². The third-order valence-electron chi connectivity index (χ3n) is 4.90. The average molecular weight is 456 g/mol. The van der Waals surface area contributed by atoms with E-state index in [2.05, 4.69) is 41.8 Å². The zero-order chi connectivity index (χ0) is 23.4. The summed E-state index contributed by atoms with van der Waals surface area (Å²) in [4.78, 5) is 26.1. The van der Waals surface area contributed by atoms with Crippen molar-refractivity contribution < 1.29 is 14.3 Å². The van der Waals surface area contributed by atoms with Gasteiger partial charge in [-0.25, -0.2) is 4.79 Å². The normalized spacial score (nSPS) is 15.0. The van der Waals surface area contributed by atoms with Gasteiger partial charge in [-0.1, -0.05) is 73.7 Å². The van der Waals surface area contributed by atoms with Gasteiger partial charge in [0.1, 0.15) is 11.6 Å². The molecule has 1 heterocycles. The summed E-state index contributed by atoms with van der Waals surface area (Å²) in [6.07, 6.45) is 1.10. The molecule has 2 aromatic carbocycles. The second kappa shape index (κ2) is 14.3. The Kier molecular flexibility index (Phi) is 12.2. The van der Waals surface area contributed by atoms with Crippen LogP contribution in [0, 0.1) is 6.92 Å². The Morgan fingerprint density at radius 3 is 2.15 bits per heavy atom. The Balaban J connectivity index is 0.000000581. The monoisotopic (exact) mass is 455 g/mol. The Labute approximate surface area is 199 Å². The molecule has 2 aromatic rings. The maximum Gasteiger partial charge on any atom is 0.410 e. The van der Waals surface area contributed by atoms with Gasteiger partial charge in [0.2, 0.25) is 5.91 Å². The molecule has 2 N–H and O–H groups in total. The van der Waals surface area contributed by atoms with E-state index < -0.39 is 17.7 Å². The summed E-state index contributed by atoms with van der Waals surface area (Å²) in [5.74, 6) is -0.107. The molecule has 3 rings (SSSR count). The molecule has 1 saturated heterocycles. The van der Waals surface area contributed by atoms with Crippen molar-refractivity contribution >= 4 is 12.0 Å². The molecule has 0 spiro atoms. The topological polar surface area (TPSA) is 70.7 Å². The fraction of sp³-hybridized carbons (Fsp3) is 0.481. The van der Waals surface area contributed by atoms with Crippen LogP contribution < -0.4 is 10.6 Å². The third-order valence-corrected chi connectivity index (χ3v) is 4.90. The number of amides is 2. The van der Waals surface area contributed by atoms with Crippen LogP contribution in [0.5, 0.6) is 0 Å². The van der Waals surface area contributed by atoms with E-state index in [0.717, 1.165) is 13.0 Å². The van der Waals surface area contributed by atoms with E-state index in [1.165, 1.54) is 16.0 Å². The van der Waals surface area contributed by atoms with Crippen molar-refractivity contribution in [3.8, 4) is 0 Å². The Bertz CT molecular complexity index is 820. The molecule has 6 heteroatoms. The largest absolute Gasteiger partial charge is 0.444 e. The molecule has 1 aliphatic heterocycles. The van der Waals surface area contributed by atoms with Crippen molar-refractivity contribution in [2.24, 2.45) is 0 Å². The number of benzene rings is 2. The van der Waals surface area contributed by atoms with Crippen LogP contribution in [0.2, 0.25) is 0 Å². The number of carbonyl (C=O) groups excluding carboxylic acids is 2. The number of carbonyl (C=O) groups is 2. The summed E-state index contributed by atoms with van der Waals surface area (Å²) < 4.78 is 5.39. The summed E-state index contributed by atoms with van der Waals surface area (Å²) in [5.41, 5.74) is 1.98. The van der Waals surface area contributed by atoms with E-state index in [-0.39, 0.29) is 13.3 Å². The van der Waals surface area contributed by atoms with Gasteiger partial charge in [0.05, 0.1) is 0 Å². The van der Waals surface area contributed by atoms with Crippen LogP contribution in [0.1, 0.15) is 52.2 Å². The van der Waals surface area contributed by atoms with Gasteiger partial charge >= 0.3 is 6.09 Å². The van der Waals surface area contributed by atoms with Crippen molar-refractivity contribution in [2.45, 2.75) is 66.2 Å². The molecule has 0 radical (unpaired) electrons. The first-order chi connectivity index (χ1) is 15.3. The first-order valence-electron chi connectivity index (χ1n) is 11.3. The highest BCUT2D eigenvalue weighted by molar-refractivity contribution is 5.86. The van der Waals surface area contributed by atoms with Crippen LogP contribution in [0.4, 0.5) is 4.79 Å². The molecule has 6 nitrogen and oxygen atoms in total. The van der Waals surface area contributed by atoms with Gasteiger partial charge in [0, 0.05) is 26.2 Å². The molecule has 1 unspecified atom stereocenters. The molecular formula is C27H41N3O3. The van der Waals surface area contributed by atoms with E-state index >= 15 is 0 Å². The first-order valence-corrected chi connectivity index (χ1v) is 11.3. The number of nitrogens with zero attached hydrogens (tertiary/aromatic N) is 1. The van der Waals surface area contributed by atoms with Gasteiger partial charge in [-0.05, 0) is 46.1 Å². The lowest BCUT2D eigenvalue weighted by Gasteiger charge is -2.28. The van der Waals surface area contributed by atoms with E-state index in [4.69, 9.17) is 4.74 Å². The lowest BCUT2D eigenvalue weighted by Crippen LogP contribution is -2.48. The van der Waals surface area contributed by atoms with Crippen LogP contribution in [-0.2, 0) is 16.1 Å². The SMILES string of the molecule is C.CC(C)(C)OC(=O)N1CCCC1C(=O)NCCNCc1ccccc1.Cc1ccccc1. The minimum absolute atomic E-state index is 0. The van der Waals surface area contributed by atoms with E-state index in [1.54, 1.807) is 0 Å². The fourth-order valence-electron chi connectivity index (χ4n) is 3.33. The van der Waals surface area contributed by atoms with Crippen LogP contribution in [-0.4, -0.2) is 48.2 Å². The summed E-state index contributed by atoms with van der Waals surface area (Å²) in [7, 11) is 0. The molecule has 1 aliphatic rings. The number of nitrogens with one attached hydrogen (secondary N) is 2. The molecule has 0 aromatic heterocycles. The van der Waals surface area contributed by atoms with Crippen LogP contribution >= 0.6 is 0 Å². The highest BCUT2D eigenvalue weighted by Crippen LogP contribution is 2.20. The van der Waals surface area contributed by atoms with Crippen molar-refractivity contribution in [1.29, 1.82) is 0 Å². The molecule has 0 aliphatic carbocycles. The number of rotatable bonds is 6. The molecule has 1 fully saturated rings. The van der Waals surface area contributed by atoms with Gasteiger partial charge in [-0.2, -0.15) is 0 Å². The molecule has 0 bridgehead atoms. The Morgan fingerprint density at radius 1 is 1.00 bits per heavy atom. The van der Waals surface area contributed by atoms with Gasteiger partial charge in [0.25, 0.3) is 0 Å². The quantitative estimate of drug-likeness (QED) is 0.607. The van der Waals surface area contributed by atoms with E-state index in [9.17, 15) is 9.59 Å². The van der Waals surface area contributed by atoms with Crippen molar-refractivity contribution in [3.05, 3.63) is 71.8 Å². The first kappa shape index (κ1) is 28.2. The van der Waals surface area contributed by atoms with Gasteiger partial charge in [-0.3, -0.25) is 9.69 Å². The number of likely N-dealkylation sites (tertiary alicyclic amines) is 1. The number of hydrogen-bond donors (Lipinski definition) is 2. The van der Waals surface area contributed by atoms with Crippen molar-refractivity contribution in [3.63, 3.8) is 0 Å². The molecule has 2 amide bonds. The summed E-state index contributed by atoms with van der Waals surface area (Å²) >= 11 is 0. The zero-order valence-electron chi connectivity index (χ0n) is 19.8. The lowest BCUT2D eigenvalue weighted by molar-refractivity contribution is -0.125. The predicted octanol–water partition coefficient (Wildman–Crippen LogP) is 4.92. The van der Waals surface area contributed by atoms with Crippen LogP contribution in [0.25, 0.3) is 0 Å². The molecule has 182 valence electrons. The second-order valence-corrected chi connectivity index (χ2v) is 8.94. The van der Waals surface area contributed by atoms with Gasteiger partial charge in [-0.15, -0.1) is 0 Å². The van der Waals surface area contributed by atoms with Crippen molar-refractivity contribution in [2.75, 3.05) is 19.6 Å². The lowest BCUT2D eigenvalue weighted by atomic mass is 10.2. The fourth-order valence-corrected chi connectivity index (χ4v) is 3.33. The number of hydrogen-bond acceptors (Lipinski definition) is 4. The summed E-state index contributed by atoms with van der Waals surface area (Å²) in [5, 5.41) is 6.20. The highest BCUT2D eigenvalue weighted by Gasteiger charge is 2.36. The Hall–Kier alpha value is -2.86. The molecule has 33 heavy (non-hydrogen) atoms. The average Bonchev–Trinajstić information content (AvgIpc) is 3.24. The summed E-state index contributed by atoms with van der Waals surface area (Å²) in [6.45, 7) is 10.1. The predicted molar refractivity (Wildman–Crippen MR) is 135 cm³/mol. The number of aryl methyl sites for hydroxylation is 1. The molecule has 1 atom stereocenters. The minimum Gasteiger partial charge on any atom is -0.444 e. The third kappa shape index (κ3) is 11.0. The highest BCUT2D eigenvalue weighted by atomic mass is 16.6. The van der Waals surface area contributed by atoms with Crippen molar-refractivity contribution in [1.82, 2.24) is 15.5 Å².